The van der Waals surface area contributed by atoms with Gasteiger partial charge in [0.15, 0.2) is 5.78 Å². The van der Waals surface area contributed by atoms with Crippen LogP contribution in [0.15, 0.2) is 0 Å². The first-order valence-corrected chi connectivity index (χ1v) is 3.09. The molecule has 0 aromatic heterocycles. The van der Waals surface area contributed by atoms with Crippen LogP contribution in [0, 0.1) is 0 Å². The summed E-state index contributed by atoms with van der Waals surface area (Å²) in [6.07, 6.45) is 0. The predicted octanol–water partition coefficient (Wildman–Crippen LogP) is 1.56. The SMILES string of the molecule is CC1(Cl)C(=O)C1(C)Cl. The van der Waals surface area contributed by atoms with Gasteiger partial charge in [-0.3, -0.25) is 4.79 Å². The van der Waals surface area contributed by atoms with E-state index in [2.05, 4.69) is 0 Å². The van der Waals surface area contributed by atoms with Gasteiger partial charge in [-0.05, 0) is 13.8 Å². The van der Waals surface area contributed by atoms with E-state index in [9.17, 15) is 4.79 Å². The van der Waals surface area contributed by atoms with Gasteiger partial charge < -0.3 is 0 Å². The van der Waals surface area contributed by atoms with E-state index in [4.69, 9.17) is 23.2 Å². The molecule has 1 aliphatic carbocycles. The Morgan fingerprint density at radius 2 is 1.38 bits per heavy atom. The molecule has 0 aromatic rings. The molecule has 0 aliphatic heterocycles. The van der Waals surface area contributed by atoms with Crippen LogP contribution < -0.4 is 0 Å². The molecule has 0 N–H and O–H groups in total. The van der Waals surface area contributed by atoms with Gasteiger partial charge in [-0.2, -0.15) is 0 Å². The van der Waals surface area contributed by atoms with Crippen LogP contribution >= 0.6 is 23.2 Å². The average Bonchev–Trinajstić information content (AvgIpc) is 1.88. The van der Waals surface area contributed by atoms with Gasteiger partial charge in [0, 0.05) is 0 Å². The van der Waals surface area contributed by atoms with Gasteiger partial charge in [0.1, 0.15) is 9.75 Å². The highest BCUT2D eigenvalue weighted by Crippen LogP contribution is 2.53. The minimum atomic E-state index is -0.797. The number of alkyl halides is 2. The monoisotopic (exact) mass is 152 g/mol. The minimum Gasteiger partial charge on any atom is -0.296 e. The highest BCUT2D eigenvalue weighted by atomic mass is 35.5. The van der Waals surface area contributed by atoms with E-state index in [1.54, 1.807) is 13.8 Å². The molecule has 0 spiro atoms. The first kappa shape index (κ1) is 6.37. The lowest BCUT2D eigenvalue weighted by Crippen LogP contribution is -2.03. The molecule has 0 aromatic carbocycles. The maximum atomic E-state index is 10.6. The van der Waals surface area contributed by atoms with E-state index in [0.717, 1.165) is 0 Å². The van der Waals surface area contributed by atoms with Crippen LogP contribution in [0.25, 0.3) is 0 Å². The second-order valence-electron chi connectivity index (χ2n) is 2.34. The van der Waals surface area contributed by atoms with Crippen molar-refractivity contribution in [2.24, 2.45) is 0 Å². The summed E-state index contributed by atoms with van der Waals surface area (Å²) in [7, 11) is 0. The topological polar surface area (TPSA) is 17.1 Å². The van der Waals surface area contributed by atoms with Crippen LogP contribution in [0.3, 0.4) is 0 Å². The maximum absolute atomic E-state index is 10.6. The number of rotatable bonds is 0. The molecule has 0 saturated heterocycles. The Kier molecular flexibility index (Phi) is 0.970. The van der Waals surface area contributed by atoms with Crippen molar-refractivity contribution >= 4 is 29.0 Å². The van der Waals surface area contributed by atoms with Gasteiger partial charge in [-0.25, -0.2) is 0 Å². The zero-order valence-corrected chi connectivity index (χ0v) is 6.18. The number of halogens is 2. The maximum Gasteiger partial charge on any atom is 0.178 e. The van der Waals surface area contributed by atoms with Crippen LogP contribution in [-0.2, 0) is 4.79 Å². The third kappa shape index (κ3) is 0.465. The summed E-state index contributed by atoms with van der Waals surface area (Å²) in [5.74, 6) is -0.0756. The zero-order valence-electron chi connectivity index (χ0n) is 4.66. The second kappa shape index (κ2) is 1.22. The van der Waals surface area contributed by atoms with E-state index in [-0.39, 0.29) is 5.78 Å². The van der Waals surface area contributed by atoms with Crippen molar-refractivity contribution in [2.45, 2.75) is 23.6 Å². The van der Waals surface area contributed by atoms with E-state index in [1.165, 1.54) is 0 Å². The van der Waals surface area contributed by atoms with Crippen LogP contribution in [0.4, 0.5) is 0 Å². The second-order valence-corrected chi connectivity index (χ2v) is 3.85. The molecule has 2 atom stereocenters. The predicted molar refractivity (Wildman–Crippen MR) is 33.5 cm³/mol. The summed E-state index contributed by atoms with van der Waals surface area (Å²) in [6, 6.07) is 0. The molecule has 1 fully saturated rings. The Balaban J connectivity index is 2.88. The number of carbonyl (C=O) groups is 1. The van der Waals surface area contributed by atoms with Gasteiger partial charge in [0.25, 0.3) is 0 Å². The largest absolute Gasteiger partial charge is 0.296 e. The van der Waals surface area contributed by atoms with Crippen molar-refractivity contribution in [2.75, 3.05) is 0 Å². The molecule has 3 heteroatoms. The Bertz CT molecular complexity index is 133. The van der Waals surface area contributed by atoms with Crippen molar-refractivity contribution < 1.29 is 4.79 Å². The van der Waals surface area contributed by atoms with Gasteiger partial charge in [-0.1, -0.05) is 0 Å². The molecule has 0 bridgehead atoms. The first-order chi connectivity index (χ1) is 3.40. The normalized spacial score (nSPS) is 54.2. The molecule has 46 valence electrons. The Morgan fingerprint density at radius 3 is 1.38 bits per heavy atom. The third-order valence-electron chi connectivity index (χ3n) is 1.67. The van der Waals surface area contributed by atoms with Crippen molar-refractivity contribution in [3.63, 3.8) is 0 Å². The fourth-order valence-corrected chi connectivity index (χ4v) is 1.08. The molecule has 8 heavy (non-hydrogen) atoms. The van der Waals surface area contributed by atoms with Crippen LogP contribution in [0.5, 0.6) is 0 Å². The fourth-order valence-electron chi connectivity index (χ4n) is 0.576. The van der Waals surface area contributed by atoms with E-state index in [1.807, 2.05) is 0 Å². The lowest BCUT2D eigenvalue weighted by atomic mass is 10.4. The molecular formula is C5H6Cl2O. The van der Waals surface area contributed by atoms with E-state index < -0.39 is 9.75 Å². The molecule has 0 radical (unpaired) electrons. The van der Waals surface area contributed by atoms with Gasteiger partial charge in [0.2, 0.25) is 0 Å². The zero-order chi connectivity index (χ0) is 6.58. The minimum absolute atomic E-state index is 0.0756. The van der Waals surface area contributed by atoms with Crippen molar-refractivity contribution in [1.29, 1.82) is 0 Å². The van der Waals surface area contributed by atoms with Gasteiger partial charge in [-0.15, -0.1) is 23.2 Å². The summed E-state index contributed by atoms with van der Waals surface area (Å²) in [5.41, 5.74) is 0. The summed E-state index contributed by atoms with van der Waals surface area (Å²) in [5, 5.41) is 0. The summed E-state index contributed by atoms with van der Waals surface area (Å²) in [4.78, 5) is 9.00. The van der Waals surface area contributed by atoms with Crippen molar-refractivity contribution in [3.05, 3.63) is 0 Å². The number of hydrogen-bond acceptors (Lipinski definition) is 1. The van der Waals surface area contributed by atoms with Crippen molar-refractivity contribution in [1.82, 2.24) is 0 Å². The standard InChI is InChI=1S/C5H6Cl2O/c1-4(6)3(8)5(4,2)7/h1-2H3. The third-order valence-corrected chi connectivity index (χ3v) is 2.87. The molecule has 0 amide bonds. The van der Waals surface area contributed by atoms with Crippen LogP contribution in [0.2, 0.25) is 0 Å². The molecule has 1 rings (SSSR count). The number of hydrogen-bond donors (Lipinski definition) is 0. The van der Waals surface area contributed by atoms with Crippen molar-refractivity contribution in [3.8, 4) is 0 Å². The molecule has 1 nitrogen and oxygen atoms in total. The Hall–Kier alpha value is 0.250. The quantitative estimate of drug-likeness (QED) is 0.482. The molecular weight excluding hydrogens is 147 g/mol. The fraction of sp³-hybridized carbons (Fsp3) is 0.800. The molecule has 1 saturated carbocycles. The molecule has 0 heterocycles. The summed E-state index contributed by atoms with van der Waals surface area (Å²) in [6.45, 7) is 3.26. The number of ketones is 1. The number of carbonyl (C=O) groups excluding carboxylic acids is 1. The Labute approximate surface area is 58.0 Å². The van der Waals surface area contributed by atoms with E-state index in [0.29, 0.717) is 0 Å². The lowest BCUT2D eigenvalue weighted by molar-refractivity contribution is -0.111. The number of Topliss-reactive ketones (excluding diaryl/α,β-unsaturated/α-hetero) is 1. The highest BCUT2D eigenvalue weighted by Gasteiger charge is 2.70. The molecule has 2 unspecified atom stereocenters. The van der Waals surface area contributed by atoms with E-state index >= 15 is 0 Å². The average molecular weight is 153 g/mol. The summed E-state index contributed by atoms with van der Waals surface area (Å²) >= 11 is 11.2. The highest BCUT2D eigenvalue weighted by molar-refractivity contribution is 6.61. The lowest BCUT2D eigenvalue weighted by Gasteiger charge is -1.94. The smallest absolute Gasteiger partial charge is 0.178 e. The van der Waals surface area contributed by atoms with Gasteiger partial charge >= 0.3 is 0 Å². The van der Waals surface area contributed by atoms with Crippen LogP contribution in [-0.4, -0.2) is 15.5 Å². The van der Waals surface area contributed by atoms with Gasteiger partial charge in [0.05, 0.1) is 0 Å². The molecule has 1 aliphatic rings. The summed E-state index contributed by atoms with van der Waals surface area (Å²) < 4.78 is 0. The Morgan fingerprint density at radius 1 is 1.25 bits per heavy atom. The first-order valence-electron chi connectivity index (χ1n) is 2.33. The van der Waals surface area contributed by atoms with Crippen LogP contribution in [0.1, 0.15) is 13.8 Å².